The van der Waals surface area contributed by atoms with Gasteiger partial charge >= 0.3 is 0 Å². The molecule has 0 aliphatic rings. The summed E-state index contributed by atoms with van der Waals surface area (Å²) in [4.78, 5) is 6.66. The fourth-order valence-corrected chi connectivity index (χ4v) is 2.96. The minimum atomic E-state index is -3.37. The van der Waals surface area contributed by atoms with Gasteiger partial charge in [-0.25, -0.2) is 12.7 Å². The summed E-state index contributed by atoms with van der Waals surface area (Å²) >= 11 is 0. The van der Waals surface area contributed by atoms with Crippen molar-refractivity contribution in [3.8, 4) is 0 Å². The summed E-state index contributed by atoms with van der Waals surface area (Å²) in [6, 6.07) is 6.91. The van der Waals surface area contributed by atoms with Gasteiger partial charge in [-0.3, -0.25) is 4.99 Å². The highest BCUT2D eigenvalue weighted by Gasteiger charge is 2.16. The second-order valence-electron chi connectivity index (χ2n) is 5.61. The van der Waals surface area contributed by atoms with Crippen LogP contribution in [0.15, 0.2) is 34.2 Å². The molecule has 0 unspecified atom stereocenters. The predicted molar refractivity (Wildman–Crippen MR) is 95.1 cm³/mol. The molecule has 0 atom stereocenters. The molecule has 7 heteroatoms. The van der Waals surface area contributed by atoms with Gasteiger partial charge in [0.25, 0.3) is 0 Å². The Morgan fingerprint density at radius 2 is 1.78 bits per heavy atom. The molecule has 0 heterocycles. The molecule has 6 nitrogen and oxygen atoms in total. The maximum atomic E-state index is 12.0. The summed E-state index contributed by atoms with van der Waals surface area (Å²) in [5, 5.41) is 3.29. The number of aliphatic imine (C=N–C) groups is 1. The third-order valence-corrected chi connectivity index (χ3v) is 5.40. The van der Waals surface area contributed by atoms with Crippen LogP contribution >= 0.6 is 0 Å². The minimum Gasteiger partial charge on any atom is -0.352 e. The first-order valence-electron chi connectivity index (χ1n) is 7.76. The fraction of sp³-hybridized carbons (Fsp3) is 0.562. The monoisotopic (exact) mass is 340 g/mol. The van der Waals surface area contributed by atoms with Gasteiger partial charge in [0.1, 0.15) is 0 Å². The summed E-state index contributed by atoms with van der Waals surface area (Å²) < 4.78 is 25.3. The van der Waals surface area contributed by atoms with Crippen LogP contribution in [0, 0.1) is 0 Å². The zero-order valence-corrected chi connectivity index (χ0v) is 15.5. The molecular formula is C16H28N4O2S. The Bertz CT molecular complexity index is 609. The first-order chi connectivity index (χ1) is 10.8. The van der Waals surface area contributed by atoms with Crippen LogP contribution in [0.2, 0.25) is 0 Å². The minimum absolute atomic E-state index is 0.302. The van der Waals surface area contributed by atoms with Crippen LogP contribution in [-0.4, -0.2) is 58.3 Å². The average molecular weight is 340 g/mol. The summed E-state index contributed by atoms with van der Waals surface area (Å²) in [5.41, 5.74) is 1.01. The van der Waals surface area contributed by atoms with Crippen molar-refractivity contribution in [3.63, 3.8) is 0 Å². The van der Waals surface area contributed by atoms with Crippen molar-refractivity contribution >= 4 is 16.0 Å². The molecule has 130 valence electrons. The molecule has 0 aliphatic heterocycles. The molecule has 0 saturated carbocycles. The molecule has 1 N–H and O–H groups in total. The smallest absolute Gasteiger partial charge is 0.242 e. The molecule has 1 aromatic rings. The van der Waals surface area contributed by atoms with E-state index in [9.17, 15) is 8.42 Å². The lowest BCUT2D eigenvalue weighted by Gasteiger charge is -2.22. The van der Waals surface area contributed by atoms with Gasteiger partial charge in [0.2, 0.25) is 10.0 Å². The van der Waals surface area contributed by atoms with E-state index in [4.69, 9.17) is 0 Å². The van der Waals surface area contributed by atoms with E-state index in [1.807, 2.05) is 19.2 Å². The van der Waals surface area contributed by atoms with E-state index < -0.39 is 10.0 Å². The van der Waals surface area contributed by atoms with E-state index in [0.717, 1.165) is 30.9 Å². The molecule has 0 fully saturated rings. The van der Waals surface area contributed by atoms with Gasteiger partial charge in [-0.05, 0) is 24.1 Å². The second kappa shape index (κ2) is 8.88. The first kappa shape index (κ1) is 19.4. The molecule has 1 aromatic carbocycles. The highest BCUT2D eigenvalue weighted by molar-refractivity contribution is 7.89. The molecular weight excluding hydrogens is 312 g/mol. The lowest BCUT2D eigenvalue weighted by molar-refractivity contribution is 0.464. The topological polar surface area (TPSA) is 65.0 Å². The zero-order chi connectivity index (χ0) is 17.5. The molecule has 0 spiro atoms. The van der Waals surface area contributed by atoms with Crippen molar-refractivity contribution < 1.29 is 8.42 Å². The van der Waals surface area contributed by atoms with Crippen LogP contribution in [-0.2, 0) is 16.6 Å². The Balaban J connectivity index is 2.69. The molecule has 0 radical (unpaired) electrons. The predicted octanol–water partition coefficient (Wildman–Crippen LogP) is 1.74. The molecule has 0 aliphatic carbocycles. The summed E-state index contributed by atoms with van der Waals surface area (Å²) in [5.74, 6) is 0.837. The van der Waals surface area contributed by atoms with Gasteiger partial charge in [-0.2, -0.15) is 0 Å². The summed E-state index contributed by atoms with van der Waals surface area (Å²) in [7, 11) is 3.46. The number of nitrogens with one attached hydrogen (secondary N) is 1. The van der Waals surface area contributed by atoms with Gasteiger partial charge in [0, 0.05) is 41.3 Å². The van der Waals surface area contributed by atoms with E-state index in [1.165, 1.54) is 18.4 Å². The SMILES string of the molecule is CCCCN(C)C(=NC)NCc1ccc(S(=O)(=O)N(C)C)cc1. The van der Waals surface area contributed by atoms with E-state index in [-0.39, 0.29) is 0 Å². The Kier molecular flexibility index (Phi) is 7.51. The van der Waals surface area contributed by atoms with Crippen LogP contribution in [0.3, 0.4) is 0 Å². The van der Waals surface area contributed by atoms with Crippen molar-refractivity contribution in [2.75, 3.05) is 34.7 Å². The number of benzene rings is 1. The van der Waals surface area contributed by atoms with Crippen molar-refractivity contribution in [1.29, 1.82) is 0 Å². The zero-order valence-electron chi connectivity index (χ0n) is 14.7. The summed E-state index contributed by atoms with van der Waals surface area (Å²) in [6.45, 7) is 3.72. The van der Waals surface area contributed by atoms with Gasteiger partial charge in [-0.15, -0.1) is 0 Å². The van der Waals surface area contributed by atoms with Crippen molar-refractivity contribution in [2.24, 2.45) is 4.99 Å². The summed E-state index contributed by atoms with van der Waals surface area (Å²) in [6.07, 6.45) is 2.26. The van der Waals surface area contributed by atoms with Crippen molar-refractivity contribution in [2.45, 2.75) is 31.2 Å². The van der Waals surface area contributed by atoms with Gasteiger partial charge in [-0.1, -0.05) is 25.5 Å². The first-order valence-corrected chi connectivity index (χ1v) is 9.20. The van der Waals surface area contributed by atoms with Gasteiger partial charge in [0.05, 0.1) is 4.90 Å². The largest absolute Gasteiger partial charge is 0.352 e. The number of guanidine groups is 1. The second-order valence-corrected chi connectivity index (χ2v) is 7.76. The lowest BCUT2D eigenvalue weighted by Crippen LogP contribution is -2.38. The van der Waals surface area contributed by atoms with Gasteiger partial charge in [0.15, 0.2) is 5.96 Å². The molecule has 0 saturated heterocycles. The molecule has 1 rings (SSSR count). The third kappa shape index (κ3) is 5.51. The van der Waals surface area contributed by atoms with Crippen molar-refractivity contribution in [3.05, 3.63) is 29.8 Å². The van der Waals surface area contributed by atoms with Crippen LogP contribution < -0.4 is 5.32 Å². The van der Waals surface area contributed by atoms with Crippen LogP contribution in [0.5, 0.6) is 0 Å². The molecule has 0 bridgehead atoms. The fourth-order valence-electron chi connectivity index (χ4n) is 2.06. The average Bonchev–Trinajstić information content (AvgIpc) is 2.53. The third-order valence-electron chi connectivity index (χ3n) is 3.57. The highest BCUT2D eigenvalue weighted by atomic mass is 32.2. The van der Waals surface area contributed by atoms with Crippen LogP contribution in [0.25, 0.3) is 0 Å². The highest BCUT2D eigenvalue weighted by Crippen LogP contribution is 2.13. The van der Waals surface area contributed by atoms with Gasteiger partial charge < -0.3 is 10.2 Å². The maximum Gasteiger partial charge on any atom is 0.242 e. The Labute approximate surface area is 140 Å². The molecule has 23 heavy (non-hydrogen) atoms. The van der Waals surface area contributed by atoms with E-state index in [2.05, 4.69) is 22.1 Å². The number of sulfonamides is 1. The Hall–Kier alpha value is -1.60. The lowest BCUT2D eigenvalue weighted by atomic mass is 10.2. The van der Waals surface area contributed by atoms with E-state index in [1.54, 1.807) is 19.2 Å². The number of hydrogen-bond donors (Lipinski definition) is 1. The quantitative estimate of drug-likeness (QED) is 0.607. The van der Waals surface area contributed by atoms with E-state index >= 15 is 0 Å². The number of unbranched alkanes of at least 4 members (excludes halogenated alkanes) is 1. The number of hydrogen-bond acceptors (Lipinski definition) is 3. The molecule has 0 amide bonds. The van der Waals surface area contributed by atoms with Crippen LogP contribution in [0.4, 0.5) is 0 Å². The van der Waals surface area contributed by atoms with E-state index in [0.29, 0.717) is 11.4 Å². The molecule has 0 aromatic heterocycles. The standard InChI is InChI=1S/C16H28N4O2S/c1-6-7-12-20(5)16(17-2)18-13-14-8-10-15(11-9-14)23(21,22)19(3)4/h8-11H,6-7,12-13H2,1-5H3,(H,17,18). The number of rotatable bonds is 7. The Morgan fingerprint density at radius 1 is 1.17 bits per heavy atom. The normalized spacial score (nSPS) is 12.5. The maximum absolute atomic E-state index is 12.0. The van der Waals surface area contributed by atoms with Crippen molar-refractivity contribution in [1.82, 2.24) is 14.5 Å². The number of nitrogens with zero attached hydrogens (tertiary/aromatic N) is 3. The van der Waals surface area contributed by atoms with Crippen LogP contribution in [0.1, 0.15) is 25.3 Å². The Morgan fingerprint density at radius 3 is 2.26 bits per heavy atom.